The van der Waals surface area contributed by atoms with Crippen molar-refractivity contribution in [2.45, 2.75) is 111 Å². The summed E-state index contributed by atoms with van der Waals surface area (Å²) in [5, 5.41) is 0. The van der Waals surface area contributed by atoms with Crippen molar-refractivity contribution in [2.75, 3.05) is 0 Å². The van der Waals surface area contributed by atoms with Crippen molar-refractivity contribution in [3.8, 4) is 0 Å². The van der Waals surface area contributed by atoms with Crippen molar-refractivity contribution < 1.29 is 32.6 Å². The van der Waals surface area contributed by atoms with E-state index in [1.54, 1.807) is 0 Å². The third-order valence-electron chi connectivity index (χ3n) is 6.47. The number of phosphoric acid groups is 2. The molecule has 1 unspecified atom stereocenters. The van der Waals surface area contributed by atoms with Crippen LogP contribution in [0.25, 0.3) is 0 Å². The molecule has 0 saturated carbocycles. The fourth-order valence-corrected chi connectivity index (χ4v) is 6.09. The summed E-state index contributed by atoms with van der Waals surface area (Å²) in [6, 6.07) is 11.9. The van der Waals surface area contributed by atoms with Crippen LogP contribution in [-0.2, 0) is 39.6 Å². The monoisotopic (exact) mass is 610 g/mol. The summed E-state index contributed by atoms with van der Waals surface area (Å²) in [6.45, 7) is 25.0. The topological polar surface area (TPSA) is 113 Å². The molecule has 2 rings (SSSR count). The summed E-state index contributed by atoms with van der Waals surface area (Å²) in [5.74, 6) is 0. The van der Waals surface area contributed by atoms with Crippen LogP contribution >= 0.6 is 15.6 Å². The Morgan fingerprint density at radius 2 is 0.949 bits per heavy atom. The minimum atomic E-state index is -5.31. The first kappa shape index (κ1) is 37.0. The van der Waals surface area contributed by atoms with Gasteiger partial charge in [-0.25, -0.2) is 9.13 Å². The third-order valence-corrected chi connectivity index (χ3v) is 8.62. The Bertz CT molecular complexity index is 1180. The Hall–Kier alpha value is -0.0403. The normalized spacial score (nSPS) is 15.2. The van der Waals surface area contributed by atoms with E-state index in [1.165, 1.54) is 0 Å². The molecule has 2 aromatic rings. The summed E-state index contributed by atoms with van der Waals surface area (Å²) in [6.07, 6.45) is -1.14. The number of rotatable bonds is 6. The molecule has 3 N–H and O–H groups in total. The van der Waals surface area contributed by atoms with E-state index in [4.69, 9.17) is 4.52 Å². The van der Waals surface area contributed by atoms with Crippen molar-refractivity contribution in [2.24, 2.45) is 0 Å². The Kier molecular flexibility index (Phi) is 11.7. The van der Waals surface area contributed by atoms with Gasteiger partial charge in [0.05, 0.1) is 0 Å². The molecule has 0 fully saturated rings. The molecule has 0 saturated heterocycles. The van der Waals surface area contributed by atoms with Crippen LogP contribution in [0.5, 0.6) is 0 Å². The van der Waals surface area contributed by atoms with Crippen molar-refractivity contribution in [3.63, 3.8) is 0 Å². The molecule has 0 bridgehead atoms. The third kappa shape index (κ3) is 10.3. The molecule has 10 heteroatoms. The Morgan fingerprint density at radius 3 is 1.21 bits per heavy atom. The van der Waals surface area contributed by atoms with Crippen LogP contribution in [0.2, 0.25) is 0 Å². The predicted octanol–water partition coefficient (Wildman–Crippen LogP) is 7.28. The van der Waals surface area contributed by atoms with Crippen LogP contribution in [0.4, 0.5) is 0 Å². The fraction of sp³-hybridized carbons (Fsp3) is 0.586. The molecule has 7 nitrogen and oxygen atoms in total. The van der Waals surface area contributed by atoms with Gasteiger partial charge in [-0.2, -0.15) is 4.31 Å². The second kappa shape index (κ2) is 12.3. The average molecular weight is 611 g/mol. The summed E-state index contributed by atoms with van der Waals surface area (Å²) in [5.41, 5.74) is 4.17. The zero-order valence-corrected chi connectivity index (χ0v) is 26.7. The second-order valence-corrected chi connectivity index (χ2v) is 16.9. The standard InChI is InChI=1S/C29H46O7P2.Ca.2H/c1-26(2,3)19-13-15-21(23(17-19)28(7,8)9)25(35-38(33,34)36-37(30,31)32)22-16-14-20(27(4,5)6)18-24(22)29(10,11)12;;;/h13-18,25H,1-12H3,(H,33,34)(H2,30,31,32);;;. The Balaban J connectivity index is 0.00000760. The van der Waals surface area contributed by atoms with Crippen molar-refractivity contribution in [1.29, 1.82) is 0 Å². The van der Waals surface area contributed by atoms with E-state index in [2.05, 4.69) is 58.0 Å². The van der Waals surface area contributed by atoms with Crippen LogP contribution in [0.3, 0.4) is 0 Å². The van der Waals surface area contributed by atoms with E-state index in [1.807, 2.05) is 65.8 Å². The van der Waals surface area contributed by atoms with Gasteiger partial charge in [0.1, 0.15) is 6.10 Å². The average Bonchev–Trinajstić information content (AvgIpc) is 2.67. The minimum absolute atomic E-state index is 0. The summed E-state index contributed by atoms with van der Waals surface area (Å²) in [4.78, 5) is 29.1. The van der Waals surface area contributed by atoms with Gasteiger partial charge in [0, 0.05) is 0 Å². The second-order valence-electron chi connectivity index (χ2n) is 14.1. The molecule has 0 aliphatic carbocycles. The number of hydrogen-bond acceptors (Lipinski definition) is 4. The number of hydrogen-bond donors (Lipinski definition) is 3. The van der Waals surface area contributed by atoms with Gasteiger partial charge in [0.2, 0.25) is 0 Å². The van der Waals surface area contributed by atoms with E-state index in [9.17, 15) is 23.8 Å². The van der Waals surface area contributed by atoms with E-state index in [0.717, 1.165) is 22.3 Å². The van der Waals surface area contributed by atoms with Crippen LogP contribution in [-0.4, -0.2) is 52.4 Å². The molecule has 0 aliphatic heterocycles. The van der Waals surface area contributed by atoms with Gasteiger partial charge < -0.3 is 14.7 Å². The van der Waals surface area contributed by atoms with Gasteiger partial charge in [-0.3, -0.25) is 4.52 Å². The van der Waals surface area contributed by atoms with E-state index in [0.29, 0.717) is 11.1 Å². The van der Waals surface area contributed by atoms with Gasteiger partial charge in [0.15, 0.2) is 0 Å². The Labute approximate surface area is 265 Å². The molecular weight excluding hydrogens is 562 g/mol. The van der Waals surface area contributed by atoms with Crippen molar-refractivity contribution >= 4 is 53.4 Å². The summed E-state index contributed by atoms with van der Waals surface area (Å²) < 4.78 is 34.5. The molecule has 0 amide bonds. The number of phosphoric ester groups is 1. The van der Waals surface area contributed by atoms with Crippen LogP contribution < -0.4 is 0 Å². The first-order valence-electron chi connectivity index (χ1n) is 12.8. The van der Waals surface area contributed by atoms with Crippen molar-refractivity contribution in [1.82, 2.24) is 0 Å². The molecule has 39 heavy (non-hydrogen) atoms. The maximum absolute atomic E-state index is 13.0. The van der Waals surface area contributed by atoms with Gasteiger partial charge in [-0.1, -0.05) is 119 Å². The van der Waals surface area contributed by atoms with Gasteiger partial charge in [0.25, 0.3) is 0 Å². The molecule has 0 spiro atoms. The summed E-state index contributed by atoms with van der Waals surface area (Å²) in [7, 11) is -10.5. The molecular formula is C29H48CaO7P2. The van der Waals surface area contributed by atoms with Gasteiger partial charge >= 0.3 is 53.4 Å². The zero-order chi connectivity index (χ0) is 29.7. The molecule has 2 aromatic carbocycles. The van der Waals surface area contributed by atoms with Crippen LogP contribution in [0.15, 0.2) is 36.4 Å². The number of benzene rings is 2. The maximum atomic E-state index is 13.0. The first-order valence-corrected chi connectivity index (χ1v) is 15.8. The molecule has 1 atom stereocenters. The molecule has 0 aliphatic rings. The van der Waals surface area contributed by atoms with Gasteiger partial charge in [-0.15, -0.1) is 0 Å². The van der Waals surface area contributed by atoms with Gasteiger partial charge in [-0.05, 0) is 55.0 Å². The summed E-state index contributed by atoms with van der Waals surface area (Å²) >= 11 is 0. The van der Waals surface area contributed by atoms with E-state index >= 15 is 0 Å². The fourth-order valence-electron chi connectivity index (χ4n) is 4.37. The predicted molar refractivity (Wildman–Crippen MR) is 162 cm³/mol. The Morgan fingerprint density at radius 1 is 0.615 bits per heavy atom. The molecule has 0 radical (unpaired) electrons. The van der Waals surface area contributed by atoms with Crippen LogP contribution in [0, 0.1) is 0 Å². The van der Waals surface area contributed by atoms with Crippen molar-refractivity contribution in [3.05, 3.63) is 69.8 Å². The van der Waals surface area contributed by atoms with E-state index in [-0.39, 0.29) is 59.4 Å². The molecule has 0 heterocycles. The van der Waals surface area contributed by atoms with Crippen LogP contribution in [0.1, 0.15) is 123 Å². The first-order chi connectivity index (χ1) is 16.7. The molecule has 218 valence electrons. The SMILES string of the molecule is CC(C)(C)c1ccc(C(OP(=O)(O)OP(=O)(O)O)c2ccc(C(C)(C)C)cc2C(C)(C)C)c(C(C)(C)C)c1.[CaH2]. The van der Waals surface area contributed by atoms with E-state index < -0.39 is 21.7 Å². The molecule has 0 aromatic heterocycles. The zero-order valence-electron chi connectivity index (χ0n) is 24.9. The quantitative estimate of drug-likeness (QED) is 0.233.